The predicted octanol–water partition coefficient (Wildman–Crippen LogP) is 3.70. The molecule has 0 saturated heterocycles. The van der Waals surface area contributed by atoms with Crippen LogP contribution in [-0.4, -0.2) is 39.1 Å². The molecule has 0 bridgehead atoms. The van der Waals surface area contributed by atoms with Gasteiger partial charge in [0.25, 0.3) is 0 Å². The number of rotatable bonds is 9. The van der Waals surface area contributed by atoms with Crippen molar-refractivity contribution in [2.45, 2.75) is 52.6 Å². The van der Waals surface area contributed by atoms with Crippen LogP contribution in [0.2, 0.25) is 0 Å². The highest BCUT2D eigenvalue weighted by Crippen LogP contribution is 2.15. The van der Waals surface area contributed by atoms with E-state index in [0.29, 0.717) is 24.7 Å². The second-order valence-electron chi connectivity index (χ2n) is 6.59. The van der Waals surface area contributed by atoms with Crippen molar-refractivity contribution in [3.63, 3.8) is 0 Å². The lowest BCUT2D eigenvalue weighted by molar-refractivity contribution is -0.149. The lowest BCUT2D eigenvalue weighted by atomic mass is 10.1. The van der Waals surface area contributed by atoms with E-state index in [1.807, 2.05) is 6.92 Å². The number of furan rings is 1. The average Bonchev–Trinajstić information content (AvgIpc) is 3.31. The van der Waals surface area contributed by atoms with Gasteiger partial charge >= 0.3 is 12.0 Å². The normalized spacial score (nSPS) is 12.2. The first kappa shape index (κ1) is 19.8. The van der Waals surface area contributed by atoms with Crippen LogP contribution in [0.15, 0.2) is 41.5 Å². The summed E-state index contributed by atoms with van der Waals surface area (Å²) < 4.78 is 12.1. The Morgan fingerprint density at radius 2 is 2.19 bits per heavy atom. The molecule has 0 saturated carbocycles. The molecular formula is C19H27N3O4. The minimum atomic E-state index is -0.686. The lowest BCUT2D eigenvalue weighted by Crippen LogP contribution is -2.46. The van der Waals surface area contributed by atoms with Gasteiger partial charge in [0.2, 0.25) is 0 Å². The highest BCUT2D eigenvalue weighted by Gasteiger charge is 2.31. The second kappa shape index (κ2) is 9.79. The first-order valence-electron chi connectivity index (χ1n) is 9.00. The van der Waals surface area contributed by atoms with E-state index in [1.165, 1.54) is 22.0 Å². The molecule has 1 amide bonds. The Hall–Kier alpha value is -2.57. The number of carbonyl (C=O) groups excluding carboxylic acids is 2. The molecule has 1 atom stereocenters. The van der Waals surface area contributed by atoms with Crippen molar-refractivity contribution in [3.8, 4) is 0 Å². The number of imidazole rings is 1. The zero-order valence-electron chi connectivity index (χ0n) is 15.6. The number of esters is 1. The average molecular weight is 361 g/mol. The van der Waals surface area contributed by atoms with Crippen molar-refractivity contribution in [3.05, 3.63) is 42.9 Å². The van der Waals surface area contributed by atoms with E-state index in [4.69, 9.17) is 9.15 Å². The van der Waals surface area contributed by atoms with Crippen molar-refractivity contribution >= 4 is 12.0 Å². The summed E-state index contributed by atoms with van der Waals surface area (Å²) in [6.45, 7) is 6.67. The number of amides is 1. The Morgan fingerprint density at radius 1 is 1.38 bits per heavy atom. The first-order valence-corrected chi connectivity index (χ1v) is 9.00. The summed E-state index contributed by atoms with van der Waals surface area (Å²) in [6.07, 6.45) is 8.29. The van der Waals surface area contributed by atoms with Gasteiger partial charge in [-0.3, -0.25) is 4.57 Å². The Balaban J connectivity index is 2.10. The standard InChI is InChI=1S/C19H27N3O4/c1-4-17(18(23)26-12-5-7-15(2)3)22(13-16-8-6-11-25-16)19(24)21-10-9-20-14-21/h6,8-11,14-15,17H,4-5,7,12-13H2,1-3H3/t17-/m1/s1. The van der Waals surface area contributed by atoms with Gasteiger partial charge in [0.05, 0.1) is 19.4 Å². The molecule has 0 aliphatic heterocycles. The van der Waals surface area contributed by atoms with Crippen molar-refractivity contribution in [1.82, 2.24) is 14.5 Å². The summed E-state index contributed by atoms with van der Waals surface area (Å²) in [7, 11) is 0. The first-order chi connectivity index (χ1) is 12.5. The summed E-state index contributed by atoms with van der Waals surface area (Å²) >= 11 is 0. The molecule has 0 fully saturated rings. The maximum Gasteiger partial charge on any atom is 0.330 e. The molecule has 0 spiro atoms. The van der Waals surface area contributed by atoms with E-state index in [9.17, 15) is 9.59 Å². The summed E-state index contributed by atoms with van der Waals surface area (Å²) in [6, 6.07) is 2.49. The maximum atomic E-state index is 12.9. The van der Waals surface area contributed by atoms with Gasteiger partial charge < -0.3 is 14.1 Å². The quantitative estimate of drug-likeness (QED) is 0.503. The fourth-order valence-corrected chi connectivity index (χ4v) is 2.68. The topological polar surface area (TPSA) is 77.6 Å². The molecular weight excluding hydrogens is 334 g/mol. The largest absolute Gasteiger partial charge is 0.467 e. The van der Waals surface area contributed by atoms with Crippen LogP contribution in [0.5, 0.6) is 0 Å². The number of hydrogen-bond donors (Lipinski definition) is 0. The number of hydrogen-bond acceptors (Lipinski definition) is 5. The third-order valence-corrected chi connectivity index (χ3v) is 4.08. The monoisotopic (exact) mass is 361 g/mol. The van der Waals surface area contributed by atoms with Gasteiger partial charge in [0.1, 0.15) is 18.1 Å². The van der Waals surface area contributed by atoms with Gasteiger partial charge in [-0.2, -0.15) is 0 Å². The predicted molar refractivity (Wildman–Crippen MR) is 96.4 cm³/mol. The van der Waals surface area contributed by atoms with Gasteiger partial charge in [0, 0.05) is 12.4 Å². The third-order valence-electron chi connectivity index (χ3n) is 4.08. The molecule has 0 aliphatic rings. The zero-order valence-corrected chi connectivity index (χ0v) is 15.6. The van der Waals surface area contributed by atoms with Crippen LogP contribution in [0.3, 0.4) is 0 Å². The minimum absolute atomic E-state index is 0.184. The van der Waals surface area contributed by atoms with E-state index in [-0.39, 0.29) is 12.6 Å². The van der Waals surface area contributed by atoms with Crippen molar-refractivity contribution in [2.75, 3.05) is 6.61 Å². The summed E-state index contributed by atoms with van der Waals surface area (Å²) in [5, 5.41) is 0. The molecule has 7 heteroatoms. The Morgan fingerprint density at radius 3 is 2.77 bits per heavy atom. The van der Waals surface area contributed by atoms with Gasteiger partial charge in [0.15, 0.2) is 0 Å². The maximum absolute atomic E-state index is 12.9. The van der Waals surface area contributed by atoms with Crippen LogP contribution in [-0.2, 0) is 16.1 Å². The molecule has 142 valence electrons. The molecule has 0 N–H and O–H groups in total. The van der Waals surface area contributed by atoms with E-state index in [1.54, 1.807) is 24.6 Å². The number of carbonyl (C=O) groups is 2. The van der Waals surface area contributed by atoms with Crippen LogP contribution < -0.4 is 0 Å². The summed E-state index contributed by atoms with van der Waals surface area (Å²) in [5.74, 6) is 0.773. The fraction of sp³-hybridized carbons (Fsp3) is 0.526. The van der Waals surface area contributed by atoms with Gasteiger partial charge in [-0.05, 0) is 37.3 Å². The van der Waals surface area contributed by atoms with E-state index in [0.717, 1.165) is 12.8 Å². The molecule has 0 aliphatic carbocycles. The van der Waals surface area contributed by atoms with Crippen LogP contribution in [0, 0.1) is 5.92 Å². The SMILES string of the molecule is CC[C@H](C(=O)OCCCC(C)C)N(Cc1ccco1)C(=O)n1ccnc1. The summed E-state index contributed by atoms with van der Waals surface area (Å²) in [4.78, 5) is 30.8. The summed E-state index contributed by atoms with van der Waals surface area (Å²) in [5.41, 5.74) is 0. The van der Waals surface area contributed by atoms with Gasteiger partial charge in [-0.1, -0.05) is 20.8 Å². The minimum Gasteiger partial charge on any atom is -0.467 e. The number of nitrogens with zero attached hydrogens (tertiary/aromatic N) is 3. The third kappa shape index (κ3) is 5.47. The van der Waals surface area contributed by atoms with Crippen LogP contribution in [0.4, 0.5) is 4.79 Å². The van der Waals surface area contributed by atoms with Gasteiger partial charge in [-0.15, -0.1) is 0 Å². The molecule has 26 heavy (non-hydrogen) atoms. The fourth-order valence-electron chi connectivity index (χ4n) is 2.68. The van der Waals surface area contributed by atoms with Crippen LogP contribution in [0.25, 0.3) is 0 Å². The highest BCUT2D eigenvalue weighted by molar-refractivity contribution is 5.84. The molecule has 0 unspecified atom stereocenters. The molecule has 2 heterocycles. The van der Waals surface area contributed by atoms with E-state index < -0.39 is 12.0 Å². The number of aromatic nitrogens is 2. The molecule has 7 nitrogen and oxygen atoms in total. The van der Waals surface area contributed by atoms with Gasteiger partial charge in [-0.25, -0.2) is 14.6 Å². The van der Waals surface area contributed by atoms with Crippen molar-refractivity contribution < 1.29 is 18.7 Å². The second-order valence-corrected chi connectivity index (χ2v) is 6.59. The zero-order chi connectivity index (χ0) is 18.9. The Bertz CT molecular complexity index is 665. The highest BCUT2D eigenvalue weighted by atomic mass is 16.5. The molecule has 0 radical (unpaired) electrons. The molecule has 2 rings (SSSR count). The van der Waals surface area contributed by atoms with Crippen molar-refractivity contribution in [2.24, 2.45) is 5.92 Å². The Kier molecular flexibility index (Phi) is 7.44. The Labute approximate surface area is 153 Å². The lowest BCUT2D eigenvalue weighted by Gasteiger charge is -2.28. The number of ether oxygens (including phenoxy) is 1. The van der Waals surface area contributed by atoms with Crippen LogP contribution in [0.1, 0.15) is 45.8 Å². The molecule has 2 aromatic heterocycles. The molecule has 0 aromatic carbocycles. The van der Waals surface area contributed by atoms with Crippen LogP contribution >= 0.6 is 0 Å². The van der Waals surface area contributed by atoms with Crippen molar-refractivity contribution in [1.29, 1.82) is 0 Å². The molecule has 2 aromatic rings. The van der Waals surface area contributed by atoms with E-state index in [2.05, 4.69) is 18.8 Å². The smallest absolute Gasteiger partial charge is 0.330 e. The van der Waals surface area contributed by atoms with E-state index >= 15 is 0 Å².